The Morgan fingerprint density at radius 3 is 2.39 bits per heavy atom. The fourth-order valence-electron chi connectivity index (χ4n) is 3.03. The van der Waals surface area contributed by atoms with Crippen LogP contribution in [0.25, 0.3) is 0 Å². The molecule has 2 amide bonds. The van der Waals surface area contributed by atoms with E-state index in [9.17, 15) is 14.4 Å². The number of amides is 2. The Morgan fingerprint density at radius 2 is 1.79 bits per heavy atom. The van der Waals surface area contributed by atoms with Crippen LogP contribution >= 0.6 is 0 Å². The Hall–Kier alpha value is -3.35. The van der Waals surface area contributed by atoms with Gasteiger partial charge in [-0.15, -0.1) is 0 Å². The summed E-state index contributed by atoms with van der Waals surface area (Å²) in [6.07, 6.45) is 2.09. The second-order valence-electron chi connectivity index (χ2n) is 6.53. The van der Waals surface area contributed by atoms with Crippen LogP contribution in [0.15, 0.2) is 48.5 Å². The van der Waals surface area contributed by atoms with Crippen LogP contribution in [0.5, 0.6) is 5.75 Å². The lowest BCUT2D eigenvalue weighted by Crippen LogP contribution is -2.26. The van der Waals surface area contributed by atoms with Crippen LogP contribution in [0.4, 0.5) is 5.69 Å². The molecule has 2 aromatic rings. The molecular weight excluding hydrogens is 360 g/mol. The summed E-state index contributed by atoms with van der Waals surface area (Å²) >= 11 is 0. The number of benzene rings is 2. The molecule has 0 spiro atoms. The Kier molecular flexibility index (Phi) is 6.26. The topological polar surface area (TPSA) is 95.9 Å². The Morgan fingerprint density at radius 1 is 1.07 bits per heavy atom. The molecule has 146 valence electrons. The maximum Gasteiger partial charge on any atom is 0.341 e. The molecule has 0 saturated carbocycles. The van der Waals surface area contributed by atoms with Crippen molar-refractivity contribution in [3.8, 4) is 5.75 Å². The van der Waals surface area contributed by atoms with Crippen molar-refractivity contribution >= 4 is 23.5 Å². The molecule has 3 rings (SSSR count). The van der Waals surface area contributed by atoms with E-state index in [4.69, 9.17) is 9.84 Å². The highest BCUT2D eigenvalue weighted by Gasteiger charge is 2.21. The van der Waals surface area contributed by atoms with E-state index in [1.165, 1.54) is 0 Å². The lowest BCUT2D eigenvalue weighted by Gasteiger charge is -2.15. The molecule has 1 fully saturated rings. The normalized spacial score (nSPS) is 13.4. The number of aliphatic carboxylic acids is 1. The van der Waals surface area contributed by atoms with Crippen molar-refractivity contribution < 1.29 is 24.2 Å². The number of ether oxygens (including phenoxy) is 1. The third-order valence-corrected chi connectivity index (χ3v) is 4.50. The number of carbonyl (C=O) groups is 3. The van der Waals surface area contributed by atoms with Gasteiger partial charge in [-0.05, 0) is 54.8 Å². The number of anilines is 1. The lowest BCUT2D eigenvalue weighted by atomic mass is 10.1. The highest BCUT2D eigenvalue weighted by molar-refractivity contribution is 5.97. The first-order chi connectivity index (χ1) is 13.5. The minimum Gasteiger partial charge on any atom is -0.482 e. The molecular formula is C21H22N2O5. The molecule has 2 aromatic carbocycles. The zero-order valence-corrected chi connectivity index (χ0v) is 15.4. The van der Waals surface area contributed by atoms with E-state index in [-0.39, 0.29) is 18.4 Å². The molecule has 7 heteroatoms. The number of rotatable bonds is 8. The van der Waals surface area contributed by atoms with Gasteiger partial charge in [-0.1, -0.05) is 12.1 Å². The molecule has 1 saturated heterocycles. The molecule has 1 heterocycles. The van der Waals surface area contributed by atoms with Crippen LogP contribution in [-0.4, -0.2) is 42.6 Å². The molecule has 0 aromatic heterocycles. The second-order valence-corrected chi connectivity index (χ2v) is 6.53. The molecule has 1 aliphatic rings. The van der Waals surface area contributed by atoms with Crippen molar-refractivity contribution in [2.75, 3.05) is 24.6 Å². The van der Waals surface area contributed by atoms with Gasteiger partial charge < -0.3 is 20.1 Å². The third kappa shape index (κ3) is 5.09. The predicted octanol–water partition coefficient (Wildman–Crippen LogP) is 2.25. The van der Waals surface area contributed by atoms with Gasteiger partial charge in [0.1, 0.15) is 5.75 Å². The fraction of sp³-hybridized carbons (Fsp3) is 0.286. The molecule has 7 nitrogen and oxygen atoms in total. The van der Waals surface area contributed by atoms with Crippen molar-refractivity contribution in [3.05, 3.63) is 59.7 Å². The minimum absolute atomic E-state index is 0.122. The summed E-state index contributed by atoms with van der Waals surface area (Å²) in [6, 6.07) is 14.1. The largest absolute Gasteiger partial charge is 0.482 e. The zero-order chi connectivity index (χ0) is 19.9. The van der Waals surface area contributed by atoms with Crippen LogP contribution in [0.3, 0.4) is 0 Å². The minimum atomic E-state index is -1.02. The van der Waals surface area contributed by atoms with E-state index < -0.39 is 5.97 Å². The van der Waals surface area contributed by atoms with Crippen molar-refractivity contribution in [3.63, 3.8) is 0 Å². The van der Waals surface area contributed by atoms with Gasteiger partial charge >= 0.3 is 5.97 Å². The monoisotopic (exact) mass is 382 g/mol. The highest BCUT2D eigenvalue weighted by atomic mass is 16.5. The quantitative estimate of drug-likeness (QED) is 0.730. The van der Waals surface area contributed by atoms with Gasteiger partial charge in [0.25, 0.3) is 5.91 Å². The summed E-state index contributed by atoms with van der Waals surface area (Å²) in [5.74, 6) is -0.573. The number of carbonyl (C=O) groups excluding carboxylic acids is 2. The van der Waals surface area contributed by atoms with Crippen LogP contribution in [0.1, 0.15) is 28.8 Å². The molecule has 28 heavy (non-hydrogen) atoms. The zero-order valence-electron chi connectivity index (χ0n) is 15.4. The van der Waals surface area contributed by atoms with Crippen molar-refractivity contribution in [2.24, 2.45) is 0 Å². The van der Waals surface area contributed by atoms with Gasteiger partial charge in [0, 0.05) is 30.8 Å². The molecule has 0 atom stereocenters. The Labute approximate surface area is 162 Å². The van der Waals surface area contributed by atoms with Gasteiger partial charge in [0.15, 0.2) is 6.61 Å². The van der Waals surface area contributed by atoms with Gasteiger partial charge in [-0.25, -0.2) is 4.79 Å². The first-order valence-electron chi connectivity index (χ1n) is 9.15. The molecule has 0 unspecified atom stereocenters. The van der Waals surface area contributed by atoms with E-state index in [0.717, 1.165) is 24.2 Å². The van der Waals surface area contributed by atoms with E-state index in [2.05, 4.69) is 5.32 Å². The lowest BCUT2D eigenvalue weighted by molar-refractivity contribution is -0.139. The van der Waals surface area contributed by atoms with Gasteiger partial charge in [-0.2, -0.15) is 0 Å². The summed E-state index contributed by atoms with van der Waals surface area (Å²) in [6.45, 7) is 0.825. The van der Waals surface area contributed by atoms with Gasteiger partial charge in [-0.3, -0.25) is 9.59 Å². The van der Waals surface area contributed by atoms with Crippen LogP contribution < -0.4 is 15.0 Å². The van der Waals surface area contributed by atoms with Crippen molar-refractivity contribution in [2.45, 2.75) is 19.3 Å². The molecule has 0 aliphatic carbocycles. The average Bonchev–Trinajstić information content (AvgIpc) is 3.13. The summed E-state index contributed by atoms with van der Waals surface area (Å²) in [5.41, 5.74) is 2.38. The molecule has 0 bridgehead atoms. The average molecular weight is 382 g/mol. The maximum absolute atomic E-state index is 12.3. The van der Waals surface area contributed by atoms with Crippen molar-refractivity contribution in [1.82, 2.24) is 5.32 Å². The third-order valence-electron chi connectivity index (χ3n) is 4.50. The van der Waals surface area contributed by atoms with Gasteiger partial charge in [0.2, 0.25) is 5.91 Å². The number of carboxylic acid groups (broad SMARTS) is 1. The SMILES string of the molecule is O=C(O)COc1ccc(CCNC(=O)c2ccc(N3CCCC3=O)cc2)cc1. The summed E-state index contributed by atoms with van der Waals surface area (Å²) in [5, 5.41) is 11.5. The van der Waals surface area contributed by atoms with Crippen LogP contribution in [0.2, 0.25) is 0 Å². The smallest absolute Gasteiger partial charge is 0.341 e. The van der Waals surface area contributed by atoms with E-state index in [1.54, 1.807) is 41.3 Å². The van der Waals surface area contributed by atoms with E-state index in [0.29, 0.717) is 30.7 Å². The first-order valence-corrected chi connectivity index (χ1v) is 9.15. The first kappa shape index (κ1) is 19.4. The number of carboxylic acids is 1. The summed E-state index contributed by atoms with van der Waals surface area (Å²) < 4.78 is 5.08. The van der Waals surface area contributed by atoms with E-state index in [1.807, 2.05) is 12.1 Å². The molecule has 0 radical (unpaired) electrons. The number of hydrogen-bond acceptors (Lipinski definition) is 4. The summed E-state index contributed by atoms with van der Waals surface area (Å²) in [7, 11) is 0. The molecule has 2 N–H and O–H groups in total. The number of nitrogens with one attached hydrogen (secondary N) is 1. The second kappa shape index (κ2) is 9.03. The Balaban J connectivity index is 1.46. The summed E-state index contributed by atoms with van der Waals surface area (Å²) in [4.78, 5) is 36.3. The fourth-order valence-corrected chi connectivity index (χ4v) is 3.03. The number of hydrogen-bond donors (Lipinski definition) is 2. The predicted molar refractivity (Wildman–Crippen MR) is 104 cm³/mol. The Bertz CT molecular complexity index is 846. The van der Waals surface area contributed by atoms with E-state index >= 15 is 0 Å². The molecule has 1 aliphatic heterocycles. The van der Waals surface area contributed by atoms with Crippen molar-refractivity contribution in [1.29, 1.82) is 0 Å². The maximum atomic E-state index is 12.3. The van der Waals surface area contributed by atoms with Crippen LogP contribution in [-0.2, 0) is 16.0 Å². The highest BCUT2D eigenvalue weighted by Crippen LogP contribution is 2.21. The standard InChI is InChI=1S/C21H22N2O5/c24-19-2-1-13-23(19)17-7-5-16(6-8-17)21(27)22-12-11-15-3-9-18(10-4-15)28-14-20(25)26/h3-10H,1-2,11-14H2,(H,22,27)(H,25,26). The van der Waals surface area contributed by atoms with Crippen LogP contribution in [0, 0.1) is 0 Å². The van der Waals surface area contributed by atoms with Gasteiger partial charge in [0.05, 0.1) is 0 Å². The number of nitrogens with zero attached hydrogens (tertiary/aromatic N) is 1.